The van der Waals surface area contributed by atoms with E-state index >= 15 is 0 Å². The SMILES string of the molecule is Cc1cc(C(C)N2CCNCC2)ccc1F. The van der Waals surface area contributed by atoms with Crippen molar-refractivity contribution in [3.05, 3.63) is 35.1 Å². The Balaban J connectivity index is 2.12. The first kappa shape index (κ1) is 11.6. The summed E-state index contributed by atoms with van der Waals surface area (Å²) in [6.07, 6.45) is 0. The Morgan fingerprint density at radius 1 is 1.31 bits per heavy atom. The normalized spacial score (nSPS) is 19.7. The van der Waals surface area contributed by atoms with Crippen LogP contribution in [0, 0.1) is 12.7 Å². The van der Waals surface area contributed by atoms with E-state index in [1.165, 1.54) is 5.56 Å². The molecule has 0 bridgehead atoms. The Bertz CT molecular complexity index is 359. The van der Waals surface area contributed by atoms with Crippen LogP contribution >= 0.6 is 0 Å². The lowest BCUT2D eigenvalue weighted by Gasteiger charge is -2.33. The molecule has 0 aromatic heterocycles. The van der Waals surface area contributed by atoms with E-state index in [0.717, 1.165) is 31.7 Å². The number of nitrogens with zero attached hydrogens (tertiary/aromatic N) is 1. The second-order valence-electron chi connectivity index (χ2n) is 4.47. The van der Waals surface area contributed by atoms with E-state index in [1.807, 2.05) is 19.1 Å². The van der Waals surface area contributed by atoms with Crippen LogP contribution in [-0.2, 0) is 0 Å². The molecule has 1 aliphatic rings. The zero-order valence-electron chi connectivity index (χ0n) is 9.96. The molecule has 1 atom stereocenters. The zero-order chi connectivity index (χ0) is 11.5. The van der Waals surface area contributed by atoms with Crippen LogP contribution in [0.15, 0.2) is 18.2 Å². The molecular weight excluding hydrogens is 203 g/mol. The van der Waals surface area contributed by atoms with Crippen LogP contribution in [0.25, 0.3) is 0 Å². The molecule has 2 nitrogen and oxygen atoms in total. The molecule has 1 aromatic rings. The van der Waals surface area contributed by atoms with Crippen molar-refractivity contribution >= 4 is 0 Å². The molecule has 1 fully saturated rings. The monoisotopic (exact) mass is 222 g/mol. The molecule has 0 amide bonds. The maximum absolute atomic E-state index is 13.2. The van der Waals surface area contributed by atoms with Crippen LogP contribution < -0.4 is 5.32 Å². The van der Waals surface area contributed by atoms with Crippen molar-refractivity contribution in [3.8, 4) is 0 Å². The van der Waals surface area contributed by atoms with Crippen molar-refractivity contribution in [3.63, 3.8) is 0 Å². The van der Waals surface area contributed by atoms with E-state index in [4.69, 9.17) is 0 Å². The fraction of sp³-hybridized carbons (Fsp3) is 0.538. The number of aryl methyl sites for hydroxylation is 1. The molecule has 1 saturated heterocycles. The first-order chi connectivity index (χ1) is 7.68. The minimum absolute atomic E-state index is 0.115. The van der Waals surface area contributed by atoms with Crippen molar-refractivity contribution in [2.75, 3.05) is 26.2 Å². The minimum atomic E-state index is -0.115. The first-order valence-corrected chi connectivity index (χ1v) is 5.89. The van der Waals surface area contributed by atoms with Gasteiger partial charge in [-0.15, -0.1) is 0 Å². The van der Waals surface area contributed by atoms with Crippen LogP contribution in [-0.4, -0.2) is 31.1 Å². The predicted molar refractivity (Wildman–Crippen MR) is 64.0 cm³/mol. The summed E-state index contributed by atoms with van der Waals surface area (Å²) < 4.78 is 13.2. The van der Waals surface area contributed by atoms with Crippen LogP contribution in [0.1, 0.15) is 24.1 Å². The van der Waals surface area contributed by atoms with E-state index in [1.54, 1.807) is 6.07 Å². The molecule has 0 saturated carbocycles. The average molecular weight is 222 g/mol. The van der Waals surface area contributed by atoms with Crippen LogP contribution in [0.2, 0.25) is 0 Å². The van der Waals surface area contributed by atoms with Gasteiger partial charge in [-0.1, -0.05) is 12.1 Å². The third-order valence-corrected chi connectivity index (χ3v) is 3.36. The maximum Gasteiger partial charge on any atom is 0.126 e. The van der Waals surface area contributed by atoms with Gasteiger partial charge < -0.3 is 5.32 Å². The maximum atomic E-state index is 13.2. The highest BCUT2D eigenvalue weighted by atomic mass is 19.1. The van der Waals surface area contributed by atoms with Gasteiger partial charge in [0.15, 0.2) is 0 Å². The fourth-order valence-corrected chi connectivity index (χ4v) is 2.21. The van der Waals surface area contributed by atoms with Gasteiger partial charge in [0.2, 0.25) is 0 Å². The van der Waals surface area contributed by atoms with Gasteiger partial charge in [0, 0.05) is 32.2 Å². The van der Waals surface area contributed by atoms with Gasteiger partial charge >= 0.3 is 0 Å². The molecule has 0 aliphatic carbocycles. The summed E-state index contributed by atoms with van der Waals surface area (Å²) in [7, 11) is 0. The van der Waals surface area contributed by atoms with Crippen molar-refractivity contribution in [2.24, 2.45) is 0 Å². The summed E-state index contributed by atoms with van der Waals surface area (Å²) >= 11 is 0. The number of hydrogen-bond donors (Lipinski definition) is 1. The summed E-state index contributed by atoms with van der Waals surface area (Å²) in [6, 6.07) is 5.81. The topological polar surface area (TPSA) is 15.3 Å². The lowest BCUT2D eigenvalue weighted by molar-refractivity contribution is 0.185. The smallest absolute Gasteiger partial charge is 0.126 e. The summed E-state index contributed by atoms with van der Waals surface area (Å²) in [6.45, 7) is 8.24. The molecule has 0 radical (unpaired) electrons. The molecule has 1 heterocycles. The first-order valence-electron chi connectivity index (χ1n) is 5.89. The molecule has 1 unspecified atom stereocenters. The van der Waals surface area contributed by atoms with E-state index < -0.39 is 0 Å². The summed E-state index contributed by atoms with van der Waals surface area (Å²) in [5.74, 6) is -0.115. The zero-order valence-corrected chi connectivity index (χ0v) is 9.96. The second kappa shape index (κ2) is 4.93. The number of hydrogen-bond acceptors (Lipinski definition) is 2. The Morgan fingerprint density at radius 2 is 2.00 bits per heavy atom. The standard InChI is InChI=1S/C13H19FN2/c1-10-9-12(3-4-13(10)14)11(2)16-7-5-15-6-8-16/h3-4,9,11,15H,5-8H2,1-2H3. The van der Waals surface area contributed by atoms with Gasteiger partial charge in [-0.05, 0) is 31.0 Å². The molecule has 88 valence electrons. The van der Waals surface area contributed by atoms with Gasteiger partial charge in [-0.2, -0.15) is 0 Å². The Morgan fingerprint density at radius 3 is 2.62 bits per heavy atom. The third-order valence-electron chi connectivity index (χ3n) is 3.36. The second-order valence-corrected chi connectivity index (χ2v) is 4.47. The number of piperazine rings is 1. The van der Waals surface area contributed by atoms with Crippen molar-refractivity contribution < 1.29 is 4.39 Å². The third kappa shape index (κ3) is 2.42. The van der Waals surface area contributed by atoms with E-state index in [-0.39, 0.29) is 5.82 Å². The quantitative estimate of drug-likeness (QED) is 0.824. The van der Waals surface area contributed by atoms with Gasteiger partial charge in [-0.3, -0.25) is 4.90 Å². The summed E-state index contributed by atoms with van der Waals surface area (Å²) in [4.78, 5) is 2.43. The number of nitrogens with one attached hydrogen (secondary N) is 1. The van der Waals surface area contributed by atoms with Crippen LogP contribution in [0.4, 0.5) is 4.39 Å². The molecule has 1 aliphatic heterocycles. The molecule has 0 spiro atoms. The Labute approximate surface area is 96.5 Å². The van der Waals surface area contributed by atoms with E-state index in [9.17, 15) is 4.39 Å². The highest BCUT2D eigenvalue weighted by Crippen LogP contribution is 2.22. The highest BCUT2D eigenvalue weighted by molar-refractivity contribution is 5.26. The Hall–Kier alpha value is -0.930. The summed E-state index contributed by atoms with van der Waals surface area (Å²) in [5, 5.41) is 3.34. The molecule has 1 aromatic carbocycles. The number of benzene rings is 1. The lowest BCUT2D eigenvalue weighted by Crippen LogP contribution is -2.44. The van der Waals surface area contributed by atoms with Crippen molar-refractivity contribution in [1.29, 1.82) is 0 Å². The molecule has 1 N–H and O–H groups in total. The predicted octanol–water partition coefficient (Wildman–Crippen LogP) is 2.10. The number of halogens is 1. The average Bonchev–Trinajstić information content (AvgIpc) is 2.33. The van der Waals surface area contributed by atoms with E-state index in [2.05, 4.69) is 17.1 Å². The Kier molecular flexibility index (Phi) is 3.56. The largest absolute Gasteiger partial charge is 0.314 e. The van der Waals surface area contributed by atoms with Crippen LogP contribution in [0.5, 0.6) is 0 Å². The number of rotatable bonds is 2. The van der Waals surface area contributed by atoms with Crippen molar-refractivity contribution in [2.45, 2.75) is 19.9 Å². The lowest BCUT2D eigenvalue weighted by atomic mass is 10.0. The van der Waals surface area contributed by atoms with Gasteiger partial charge in [0.25, 0.3) is 0 Å². The fourth-order valence-electron chi connectivity index (χ4n) is 2.21. The molecule has 16 heavy (non-hydrogen) atoms. The van der Waals surface area contributed by atoms with E-state index in [0.29, 0.717) is 6.04 Å². The van der Waals surface area contributed by atoms with Crippen molar-refractivity contribution in [1.82, 2.24) is 10.2 Å². The minimum Gasteiger partial charge on any atom is -0.314 e. The molecule has 2 rings (SSSR count). The highest BCUT2D eigenvalue weighted by Gasteiger charge is 2.18. The molecular formula is C13H19FN2. The molecule has 3 heteroatoms. The van der Waals surface area contributed by atoms with Gasteiger partial charge in [-0.25, -0.2) is 4.39 Å². The summed E-state index contributed by atoms with van der Waals surface area (Å²) in [5.41, 5.74) is 1.94. The van der Waals surface area contributed by atoms with Crippen LogP contribution in [0.3, 0.4) is 0 Å². The van der Waals surface area contributed by atoms with Gasteiger partial charge in [0.1, 0.15) is 5.82 Å². The van der Waals surface area contributed by atoms with Gasteiger partial charge in [0.05, 0.1) is 0 Å².